The molecule has 1 heterocycles. The van der Waals surface area contributed by atoms with Crippen molar-refractivity contribution < 1.29 is 14.5 Å². The summed E-state index contributed by atoms with van der Waals surface area (Å²) in [4.78, 5) is 27.2. The van der Waals surface area contributed by atoms with Crippen LogP contribution in [0, 0.1) is 10.1 Å². The maximum absolute atomic E-state index is 12.7. The van der Waals surface area contributed by atoms with Crippen molar-refractivity contribution in [2.75, 3.05) is 38.2 Å². The second-order valence-electron chi connectivity index (χ2n) is 5.90. The van der Waals surface area contributed by atoms with Crippen LogP contribution in [0.3, 0.4) is 0 Å². The largest absolute Gasteiger partial charge is 0.497 e. The van der Waals surface area contributed by atoms with E-state index in [-0.39, 0.29) is 11.6 Å². The van der Waals surface area contributed by atoms with Crippen LogP contribution < -0.4 is 9.64 Å². The number of anilines is 1. The Morgan fingerprint density at radius 3 is 2.35 bits per heavy atom. The quantitative estimate of drug-likeness (QED) is 0.560. The van der Waals surface area contributed by atoms with Gasteiger partial charge in [0.05, 0.1) is 16.5 Å². The Labute approximate surface area is 159 Å². The van der Waals surface area contributed by atoms with Crippen molar-refractivity contribution in [1.29, 1.82) is 0 Å². The van der Waals surface area contributed by atoms with E-state index >= 15 is 0 Å². The Kier molecular flexibility index (Phi) is 5.41. The van der Waals surface area contributed by atoms with Gasteiger partial charge in [-0.05, 0) is 52.3 Å². The first-order valence-electron chi connectivity index (χ1n) is 8.12. The van der Waals surface area contributed by atoms with Gasteiger partial charge in [0.1, 0.15) is 5.75 Å². The highest BCUT2D eigenvalue weighted by Gasteiger charge is 2.24. The molecule has 1 amide bonds. The Bertz CT molecular complexity index is 818. The summed E-state index contributed by atoms with van der Waals surface area (Å²) in [7, 11) is 1.63. The van der Waals surface area contributed by atoms with Gasteiger partial charge in [-0.1, -0.05) is 0 Å². The van der Waals surface area contributed by atoms with Crippen molar-refractivity contribution in [2.24, 2.45) is 0 Å². The molecule has 1 saturated heterocycles. The lowest BCUT2D eigenvalue weighted by Crippen LogP contribution is -2.48. The summed E-state index contributed by atoms with van der Waals surface area (Å²) in [5.41, 5.74) is 1.31. The standard InChI is InChI=1S/C18H18BrN3O4/c1-26-15-5-3-14(4-6-15)20-8-10-21(11-9-20)18(23)13-2-7-16(19)17(12-13)22(24)25/h2-7,12H,8-11H2,1H3. The summed E-state index contributed by atoms with van der Waals surface area (Å²) >= 11 is 3.14. The zero-order chi connectivity index (χ0) is 18.7. The van der Waals surface area contributed by atoms with Gasteiger partial charge in [0.25, 0.3) is 11.6 Å². The molecular weight excluding hydrogens is 402 g/mol. The maximum Gasteiger partial charge on any atom is 0.284 e. The molecule has 1 aliphatic heterocycles. The molecule has 0 unspecified atom stereocenters. The second-order valence-corrected chi connectivity index (χ2v) is 6.75. The van der Waals surface area contributed by atoms with E-state index in [1.165, 1.54) is 6.07 Å². The number of ether oxygens (including phenoxy) is 1. The predicted molar refractivity (Wildman–Crippen MR) is 102 cm³/mol. The highest BCUT2D eigenvalue weighted by Crippen LogP contribution is 2.27. The molecule has 0 saturated carbocycles. The van der Waals surface area contributed by atoms with Crippen LogP contribution in [-0.2, 0) is 0 Å². The number of nitro groups is 1. The molecule has 0 N–H and O–H groups in total. The van der Waals surface area contributed by atoms with Gasteiger partial charge in [-0.25, -0.2) is 0 Å². The fourth-order valence-electron chi connectivity index (χ4n) is 2.93. The maximum atomic E-state index is 12.7. The van der Waals surface area contributed by atoms with Crippen molar-refractivity contribution in [2.45, 2.75) is 0 Å². The first-order valence-corrected chi connectivity index (χ1v) is 8.91. The lowest BCUT2D eigenvalue weighted by molar-refractivity contribution is -0.385. The number of nitrogens with zero attached hydrogens (tertiary/aromatic N) is 3. The molecule has 0 radical (unpaired) electrons. The van der Waals surface area contributed by atoms with Gasteiger partial charge in [-0.3, -0.25) is 14.9 Å². The zero-order valence-corrected chi connectivity index (χ0v) is 15.8. The van der Waals surface area contributed by atoms with Crippen LogP contribution in [0.5, 0.6) is 5.75 Å². The van der Waals surface area contributed by atoms with Crippen molar-refractivity contribution in [1.82, 2.24) is 4.90 Å². The number of carbonyl (C=O) groups excluding carboxylic acids is 1. The Morgan fingerprint density at radius 1 is 1.12 bits per heavy atom. The van der Waals surface area contributed by atoms with E-state index in [0.717, 1.165) is 11.4 Å². The molecule has 0 spiro atoms. The highest BCUT2D eigenvalue weighted by molar-refractivity contribution is 9.10. The number of nitro benzene ring substituents is 1. The number of methoxy groups -OCH3 is 1. The zero-order valence-electron chi connectivity index (χ0n) is 14.2. The van der Waals surface area contributed by atoms with Crippen LogP contribution in [0.1, 0.15) is 10.4 Å². The van der Waals surface area contributed by atoms with E-state index in [1.54, 1.807) is 24.1 Å². The highest BCUT2D eigenvalue weighted by atomic mass is 79.9. The Morgan fingerprint density at radius 2 is 1.77 bits per heavy atom. The molecule has 1 fully saturated rings. The number of piperazine rings is 1. The van der Waals surface area contributed by atoms with Crippen LogP contribution in [0.4, 0.5) is 11.4 Å². The van der Waals surface area contributed by atoms with E-state index in [2.05, 4.69) is 20.8 Å². The lowest BCUT2D eigenvalue weighted by Gasteiger charge is -2.36. The monoisotopic (exact) mass is 419 g/mol. The van der Waals surface area contributed by atoms with Crippen LogP contribution >= 0.6 is 15.9 Å². The average Bonchev–Trinajstić information content (AvgIpc) is 2.68. The number of hydrogen-bond donors (Lipinski definition) is 0. The van der Waals surface area contributed by atoms with E-state index in [0.29, 0.717) is 36.2 Å². The lowest BCUT2D eigenvalue weighted by atomic mass is 10.1. The van der Waals surface area contributed by atoms with Crippen LogP contribution in [0.25, 0.3) is 0 Å². The molecule has 0 aliphatic carbocycles. The minimum atomic E-state index is -0.498. The summed E-state index contributed by atoms with van der Waals surface area (Å²) in [6.45, 7) is 2.54. The van der Waals surface area contributed by atoms with Crippen LogP contribution in [0.2, 0.25) is 0 Å². The van der Waals surface area contributed by atoms with Gasteiger partial charge in [0.2, 0.25) is 0 Å². The van der Waals surface area contributed by atoms with Crippen LogP contribution in [-0.4, -0.2) is 49.0 Å². The van der Waals surface area contributed by atoms with Crippen molar-refractivity contribution in [3.63, 3.8) is 0 Å². The minimum Gasteiger partial charge on any atom is -0.497 e. The third-order valence-electron chi connectivity index (χ3n) is 4.39. The Hall–Kier alpha value is -2.61. The number of hydrogen-bond acceptors (Lipinski definition) is 5. The molecule has 3 rings (SSSR count). The topological polar surface area (TPSA) is 75.9 Å². The summed E-state index contributed by atoms with van der Waals surface area (Å²) in [5.74, 6) is 0.620. The minimum absolute atomic E-state index is 0.104. The van der Waals surface area contributed by atoms with Gasteiger partial charge >= 0.3 is 0 Å². The van der Waals surface area contributed by atoms with Crippen LogP contribution in [0.15, 0.2) is 46.9 Å². The molecule has 2 aromatic carbocycles. The molecule has 0 bridgehead atoms. The molecule has 0 atom stereocenters. The Balaban J connectivity index is 1.66. The molecule has 0 aromatic heterocycles. The summed E-state index contributed by atoms with van der Waals surface area (Å²) in [6.07, 6.45) is 0. The normalized spacial score (nSPS) is 14.2. The smallest absolute Gasteiger partial charge is 0.284 e. The van der Waals surface area contributed by atoms with Gasteiger partial charge in [-0.2, -0.15) is 0 Å². The molecule has 1 aliphatic rings. The second kappa shape index (κ2) is 7.74. The number of benzene rings is 2. The van der Waals surface area contributed by atoms with E-state index in [4.69, 9.17) is 4.74 Å². The summed E-state index contributed by atoms with van der Waals surface area (Å²) in [6, 6.07) is 12.3. The van der Waals surface area contributed by atoms with Gasteiger partial charge in [0.15, 0.2) is 0 Å². The average molecular weight is 420 g/mol. The van der Waals surface area contributed by atoms with E-state index < -0.39 is 4.92 Å². The first kappa shape index (κ1) is 18.2. The van der Waals surface area contributed by atoms with Gasteiger partial charge in [-0.15, -0.1) is 0 Å². The van der Waals surface area contributed by atoms with E-state index in [9.17, 15) is 14.9 Å². The summed E-state index contributed by atoms with van der Waals surface area (Å²) in [5, 5.41) is 11.1. The molecule has 8 heteroatoms. The third-order valence-corrected chi connectivity index (χ3v) is 5.06. The van der Waals surface area contributed by atoms with Crippen molar-refractivity contribution in [3.05, 3.63) is 62.6 Å². The SMILES string of the molecule is COc1ccc(N2CCN(C(=O)c3ccc(Br)c([N+](=O)[O-])c3)CC2)cc1. The molecule has 26 heavy (non-hydrogen) atoms. The molecular formula is C18H18BrN3O4. The molecule has 136 valence electrons. The number of halogens is 1. The third kappa shape index (κ3) is 3.80. The van der Waals surface area contributed by atoms with Crippen molar-refractivity contribution >= 4 is 33.2 Å². The molecule has 2 aromatic rings. The predicted octanol–water partition coefficient (Wildman–Crippen LogP) is 3.33. The van der Waals surface area contributed by atoms with Gasteiger partial charge in [0, 0.05) is 43.5 Å². The van der Waals surface area contributed by atoms with Crippen molar-refractivity contribution in [3.8, 4) is 5.75 Å². The number of amides is 1. The molecule has 7 nitrogen and oxygen atoms in total. The number of rotatable bonds is 4. The van der Waals surface area contributed by atoms with E-state index in [1.807, 2.05) is 24.3 Å². The number of carbonyl (C=O) groups is 1. The summed E-state index contributed by atoms with van der Waals surface area (Å²) < 4.78 is 5.53. The fraction of sp³-hybridized carbons (Fsp3) is 0.278. The fourth-order valence-corrected chi connectivity index (χ4v) is 3.32. The first-order chi connectivity index (χ1) is 12.5. The van der Waals surface area contributed by atoms with Gasteiger partial charge < -0.3 is 14.5 Å².